The number of nitrogens with zero attached hydrogens (tertiary/aromatic N) is 3. The standard InChI is InChI=1S/C20H29ClN4O3S/c1-29(2,3)10-9-28-14-25(17-6-4-5-16(21)11-17)20(27)15-7-8-18-22-23-19(26)13-24(18)12-15/h4-6,11,15H,7-10,12-14H2,1-3H3,(H,23,26). The first-order valence-electron chi connectivity index (χ1n) is 9.64. The number of piperidine rings is 1. The number of carbonyl (C=O) groups excluding carboxylic acids is 2. The van der Waals surface area contributed by atoms with Crippen LogP contribution in [-0.2, 0) is 14.3 Å². The Morgan fingerprint density at radius 3 is 2.93 bits per heavy atom. The summed E-state index contributed by atoms with van der Waals surface area (Å²) in [4.78, 5) is 28.6. The van der Waals surface area contributed by atoms with Crippen LogP contribution in [-0.4, -0.2) is 73.5 Å². The normalized spacial score (nSPS) is 19.9. The third-order valence-corrected chi connectivity index (χ3v) is 6.59. The molecule has 0 aliphatic carbocycles. The highest BCUT2D eigenvalue weighted by Gasteiger charge is 2.34. The Bertz CT molecular complexity index is 796. The van der Waals surface area contributed by atoms with Crippen LogP contribution in [0.2, 0.25) is 5.02 Å². The highest BCUT2D eigenvalue weighted by molar-refractivity contribution is 8.32. The number of hydrogen-bond donors (Lipinski definition) is 1. The Labute approximate surface area is 178 Å². The van der Waals surface area contributed by atoms with Crippen LogP contribution in [0.1, 0.15) is 12.8 Å². The van der Waals surface area contributed by atoms with Crippen molar-refractivity contribution in [2.75, 3.05) is 55.8 Å². The van der Waals surface area contributed by atoms with Crippen LogP contribution in [0.4, 0.5) is 5.69 Å². The lowest BCUT2D eigenvalue weighted by Crippen LogP contribution is -2.53. The fourth-order valence-corrected chi connectivity index (χ4v) is 4.14. The maximum atomic E-state index is 13.4. The van der Waals surface area contributed by atoms with E-state index >= 15 is 0 Å². The van der Waals surface area contributed by atoms with Crippen LogP contribution in [0.15, 0.2) is 29.4 Å². The summed E-state index contributed by atoms with van der Waals surface area (Å²) >= 11 is 6.16. The van der Waals surface area contributed by atoms with Crippen molar-refractivity contribution in [3.05, 3.63) is 29.3 Å². The number of hydrogen-bond acceptors (Lipinski definition) is 5. The van der Waals surface area contributed by atoms with E-state index in [0.717, 1.165) is 17.3 Å². The van der Waals surface area contributed by atoms with E-state index in [1.807, 2.05) is 17.0 Å². The van der Waals surface area contributed by atoms with Crippen molar-refractivity contribution < 1.29 is 14.3 Å². The monoisotopic (exact) mass is 440 g/mol. The molecular weight excluding hydrogens is 412 g/mol. The molecular formula is C20H29ClN4O3S. The molecule has 2 aliphatic heterocycles. The van der Waals surface area contributed by atoms with E-state index in [-0.39, 0.29) is 31.0 Å². The van der Waals surface area contributed by atoms with Crippen molar-refractivity contribution in [1.82, 2.24) is 10.3 Å². The quantitative estimate of drug-likeness (QED) is 0.522. The number of anilines is 1. The van der Waals surface area contributed by atoms with Crippen molar-refractivity contribution in [1.29, 1.82) is 0 Å². The summed E-state index contributed by atoms with van der Waals surface area (Å²) in [5.74, 6) is 1.43. The predicted octanol–water partition coefficient (Wildman–Crippen LogP) is 2.50. The van der Waals surface area contributed by atoms with Gasteiger partial charge in [-0.1, -0.05) is 17.7 Å². The first kappa shape index (κ1) is 21.9. The second kappa shape index (κ2) is 9.36. The van der Waals surface area contributed by atoms with Gasteiger partial charge in [-0.3, -0.25) is 14.5 Å². The summed E-state index contributed by atoms with van der Waals surface area (Å²) in [5.41, 5.74) is 3.23. The number of ether oxygens (including phenoxy) is 1. The number of nitrogens with one attached hydrogen (secondary N) is 1. The molecule has 1 fully saturated rings. The van der Waals surface area contributed by atoms with E-state index in [0.29, 0.717) is 31.0 Å². The Kier molecular flexibility index (Phi) is 7.08. The molecule has 2 amide bonds. The Morgan fingerprint density at radius 1 is 1.41 bits per heavy atom. The van der Waals surface area contributed by atoms with Crippen molar-refractivity contribution in [3.63, 3.8) is 0 Å². The first-order chi connectivity index (χ1) is 13.7. The smallest absolute Gasteiger partial charge is 0.259 e. The zero-order valence-electron chi connectivity index (χ0n) is 17.2. The molecule has 0 bridgehead atoms. The first-order valence-corrected chi connectivity index (χ1v) is 13.0. The van der Waals surface area contributed by atoms with Crippen molar-refractivity contribution in [2.24, 2.45) is 11.0 Å². The van der Waals surface area contributed by atoms with Crippen molar-refractivity contribution in [2.45, 2.75) is 12.8 Å². The molecule has 0 spiro atoms. The number of amides is 2. The lowest BCUT2D eigenvalue weighted by Gasteiger charge is -2.37. The number of carbonyl (C=O) groups is 2. The lowest BCUT2D eigenvalue weighted by molar-refractivity contribution is -0.126. The van der Waals surface area contributed by atoms with Crippen LogP contribution in [0.25, 0.3) is 0 Å². The van der Waals surface area contributed by atoms with Gasteiger partial charge in [0.15, 0.2) is 0 Å². The van der Waals surface area contributed by atoms with E-state index in [1.165, 1.54) is 0 Å². The van der Waals surface area contributed by atoms with E-state index in [4.69, 9.17) is 16.3 Å². The summed E-state index contributed by atoms with van der Waals surface area (Å²) in [6.45, 7) is 1.52. The Morgan fingerprint density at radius 2 is 2.21 bits per heavy atom. The highest BCUT2D eigenvalue weighted by atomic mass is 35.5. The molecule has 0 saturated carbocycles. The summed E-state index contributed by atoms with van der Waals surface area (Å²) in [6, 6.07) is 7.26. The largest absolute Gasteiger partial charge is 0.360 e. The SMILES string of the molecule is CS(C)(C)CCOCN(C(=O)C1CCC2=NNC(=O)CN2C1)c1cccc(Cl)c1. The number of hydrazone groups is 1. The maximum Gasteiger partial charge on any atom is 0.259 e. The fourth-order valence-electron chi connectivity index (χ4n) is 3.34. The fraction of sp³-hybridized carbons (Fsp3) is 0.550. The molecule has 3 rings (SSSR count). The van der Waals surface area contributed by atoms with E-state index in [2.05, 4.69) is 29.3 Å². The second-order valence-corrected chi connectivity index (χ2v) is 13.3. The molecule has 0 aromatic heterocycles. The van der Waals surface area contributed by atoms with Gasteiger partial charge in [0, 0.05) is 29.4 Å². The number of amidine groups is 1. The molecule has 7 nitrogen and oxygen atoms in total. The predicted molar refractivity (Wildman–Crippen MR) is 120 cm³/mol. The zero-order valence-corrected chi connectivity index (χ0v) is 18.8. The van der Waals surface area contributed by atoms with Crippen molar-refractivity contribution >= 4 is 45.0 Å². The van der Waals surface area contributed by atoms with Gasteiger partial charge in [0.25, 0.3) is 5.91 Å². The lowest BCUT2D eigenvalue weighted by atomic mass is 9.95. The zero-order chi connectivity index (χ0) is 21.0. The number of benzene rings is 1. The Hall–Kier alpha value is -1.77. The van der Waals surface area contributed by atoms with Crippen LogP contribution in [0.5, 0.6) is 0 Å². The van der Waals surface area contributed by atoms with Gasteiger partial charge in [-0.05, 0) is 43.4 Å². The van der Waals surface area contributed by atoms with Crippen LogP contribution in [0, 0.1) is 5.92 Å². The molecule has 2 heterocycles. The van der Waals surface area contributed by atoms with Crippen LogP contribution < -0.4 is 10.3 Å². The summed E-state index contributed by atoms with van der Waals surface area (Å²) in [6.07, 6.45) is 8.08. The number of rotatable bonds is 7. The van der Waals surface area contributed by atoms with E-state index in [1.54, 1.807) is 17.0 Å². The molecule has 1 saturated heterocycles. The van der Waals surface area contributed by atoms with Gasteiger partial charge >= 0.3 is 0 Å². The summed E-state index contributed by atoms with van der Waals surface area (Å²) in [7, 11) is -0.660. The highest BCUT2D eigenvalue weighted by Crippen LogP contribution is 2.33. The molecule has 0 radical (unpaired) electrons. The minimum absolute atomic E-state index is 0.0135. The third kappa shape index (κ3) is 6.10. The van der Waals surface area contributed by atoms with Crippen molar-refractivity contribution in [3.8, 4) is 0 Å². The molecule has 1 N–H and O–H groups in total. The average Bonchev–Trinajstić information content (AvgIpc) is 2.66. The van der Waals surface area contributed by atoms with Gasteiger partial charge < -0.3 is 9.64 Å². The molecule has 160 valence electrons. The minimum atomic E-state index is -0.660. The van der Waals surface area contributed by atoms with Gasteiger partial charge in [0.05, 0.1) is 19.1 Å². The van der Waals surface area contributed by atoms with Crippen LogP contribution in [0.3, 0.4) is 0 Å². The topological polar surface area (TPSA) is 74.2 Å². The average molecular weight is 441 g/mol. The molecule has 29 heavy (non-hydrogen) atoms. The maximum absolute atomic E-state index is 13.4. The van der Waals surface area contributed by atoms with Gasteiger partial charge in [-0.2, -0.15) is 5.10 Å². The minimum Gasteiger partial charge on any atom is -0.360 e. The number of fused-ring (bicyclic) bond motifs is 1. The number of halogens is 1. The molecule has 1 atom stereocenters. The van der Waals surface area contributed by atoms with Gasteiger partial charge in [-0.25, -0.2) is 15.5 Å². The van der Waals surface area contributed by atoms with E-state index < -0.39 is 10.0 Å². The summed E-state index contributed by atoms with van der Waals surface area (Å²) in [5, 5.41) is 4.68. The van der Waals surface area contributed by atoms with Gasteiger partial charge in [-0.15, -0.1) is 0 Å². The van der Waals surface area contributed by atoms with Gasteiger partial charge in [0.1, 0.15) is 12.6 Å². The molecule has 2 aliphatic rings. The van der Waals surface area contributed by atoms with Gasteiger partial charge in [0.2, 0.25) is 5.91 Å². The third-order valence-electron chi connectivity index (χ3n) is 4.96. The molecule has 1 aromatic rings. The Balaban J connectivity index is 1.71. The molecule has 9 heteroatoms. The molecule has 1 unspecified atom stereocenters. The molecule has 1 aromatic carbocycles. The van der Waals surface area contributed by atoms with E-state index in [9.17, 15) is 9.59 Å². The summed E-state index contributed by atoms with van der Waals surface area (Å²) < 4.78 is 5.88. The van der Waals surface area contributed by atoms with Crippen LogP contribution >= 0.6 is 21.6 Å². The second-order valence-electron chi connectivity index (χ2n) is 8.26.